The van der Waals surface area contributed by atoms with Crippen molar-refractivity contribution in [3.8, 4) is 0 Å². The maximum absolute atomic E-state index is 12.6. The molecule has 1 unspecified atom stereocenters. The van der Waals surface area contributed by atoms with Crippen LogP contribution in [0, 0.1) is 11.8 Å². The molecule has 20 heavy (non-hydrogen) atoms. The lowest BCUT2D eigenvalue weighted by molar-refractivity contribution is 0.388. The second kappa shape index (κ2) is 6.24. The highest BCUT2D eigenvalue weighted by atomic mass is 32.2. The molecule has 5 heteroatoms. The van der Waals surface area contributed by atoms with E-state index in [-0.39, 0.29) is 0 Å². The van der Waals surface area contributed by atoms with Crippen LogP contribution < -0.4 is 5.32 Å². The first kappa shape index (κ1) is 15.5. The normalized spacial score (nSPS) is 20.7. The molecule has 4 nitrogen and oxygen atoms in total. The molecule has 0 bridgehead atoms. The average molecular weight is 296 g/mol. The molecule has 1 aromatic carbocycles. The molecule has 0 aliphatic carbocycles. The minimum atomic E-state index is -3.32. The number of benzene rings is 1. The second-order valence-electron chi connectivity index (χ2n) is 5.83. The summed E-state index contributed by atoms with van der Waals surface area (Å²) in [5, 5.41) is 3.06. The van der Waals surface area contributed by atoms with Gasteiger partial charge in [-0.1, -0.05) is 26.0 Å². The van der Waals surface area contributed by atoms with E-state index in [9.17, 15) is 8.42 Å². The Balaban J connectivity index is 2.14. The van der Waals surface area contributed by atoms with Gasteiger partial charge in [-0.05, 0) is 43.0 Å². The third kappa shape index (κ3) is 3.22. The van der Waals surface area contributed by atoms with Crippen LogP contribution in [0.4, 0.5) is 0 Å². The zero-order valence-corrected chi connectivity index (χ0v) is 13.3. The van der Waals surface area contributed by atoms with Gasteiger partial charge in [0.05, 0.1) is 4.90 Å². The van der Waals surface area contributed by atoms with Crippen molar-refractivity contribution in [3.05, 3.63) is 29.8 Å². The van der Waals surface area contributed by atoms with E-state index in [0.717, 1.165) is 18.5 Å². The van der Waals surface area contributed by atoms with Crippen LogP contribution in [0.1, 0.15) is 25.8 Å². The molecular formula is C15H24N2O2S. The fourth-order valence-electron chi connectivity index (χ4n) is 2.65. The Morgan fingerprint density at radius 1 is 1.30 bits per heavy atom. The third-order valence-electron chi connectivity index (χ3n) is 4.07. The molecule has 1 fully saturated rings. The number of sulfonamides is 1. The van der Waals surface area contributed by atoms with Gasteiger partial charge in [0.2, 0.25) is 10.0 Å². The van der Waals surface area contributed by atoms with Crippen LogP contribution >= 0.6 is 0 Å². The van der Waals surface area contributed by atoms with Crippen LogP contribution in [0.15, 0.2) is 29.2 Å². The lowest BCUT2D eigenvalue weighted by Gasteiger charge is -2.18. The van der Waals surface area contributed by atoms with Crippen molar-refractivity contribution in [1.29, 1.82) is 0 Å². The molecule has 1 N–H and O–H groups in total. The quantitative estimate of drug-likeness (QED) is 0.905. The van der Waals surface area contributed by atoms with E-state index < -0.39 is 10.0 Å². The van der Waals surface area contributed by atoms with Gasteiger partial charge in [0.1, 0.15) is 0 Å². The highest BCUT2D eigenvalue weighted by molar-refractivity contribution is 7.89. The summed E-state index contributed by atoms with van der Waals surface area (Å²) >= 11 is 0. The molecule has 0 aromatic heterocycles. The standard InChI is InChI=1S/C15H24N2O2S/c1-12(2)14-8-9-17(11-14)20(18,19)15-6-4-13(5-7-15)10-16-3/h4-7,12,14,16H,8-11H2,1-3H3. The monoisotopic (exact) mass is 296 g/mol. The molecular weight excluding hydrogens is 272 g/mol. The summed E-state index contributed by atoms with van der Waals surface area (Å²) in [6.07, 6.45) is 0.967. The summed E-state index contributed by atoms with van der Waals surface area (Å²) in [7, 11) is -1.45. The maximum Gasteiger partial charge on any atom is 0.243 e. The first-order valence-corrected chi connectivity index (χ1v) is 8.63. The molecule has 1 aliphatic rings. The summed E-state index contributed by atoms with van der Waals surface area (Å²) in [6.45, 7) is 6.36. The zero-order valence-electron chi connectivity index (χ0n) is 12.5. The van der Waals surface area contributed by atoms with Crippen LogP contribution in [-0.2, 0) is 16.6 Å². The Kier molecular flexibility index (Phi) is 4.83. The predicted octanol–water partition coefficient (Wildman–Crippen LogP) is 2.07. The van der Waals surface area contributed by atoms with E-state index in [2.05, 4.69) is 19.2 Å². The fraction of sp³-hybridized carbons (Fsp3) is 0.600. The van der Waals surface area contributed by atoms with Crippen molar-refractivity contribution in [2.75, 3.05) is 20.1 Å². The van der Waals surface area contributed by atoms with Crippen molar-refractivity contribution < 1.29 is 8.42 Å². The SMILES string of the molecule is CNCc1ccc(S(=O)(=O)N2CCC(C(C)C)C2)cc1. The lowest BCUT2D eigenvalue weighted by Crippen LogP contribution is -2.29. The summed E-state index contributed by atoms with van der Waals surface area (Å²) < 4.78 is 26.8. The van der Waals surface area contributed by atoms with Gasteiger partial charge in [-0.25, -0.2) is 8.42 Å². The van der Waals surface area contributed by atoms with Crippen molar-refractivity contribution >= 4 is 10.0 Å². The summed E-state index contributed by atoms with van der Waals surface area (Å²) in [6, 6.07) is 7.17. The highest BCUT2D eigenvalue weighted by Crippen LogP contribution is 2.28. The van der Waals surface area contributed by atoms with E-state index >= 15 is 0 Å². The largest absolute Gasteiger partial charge is 0.316 e. The van der Waals surface area contributed by atoms with E-state index in [0.29, 0.717) is 29.8 Å². The number of hydrogen-bond donors (Lipinski definition) is 1. The highest BCUT2D eigenvalue weighted by Gasteiger charge is 2.33. The Labute approximate surface area is 122 Å². The van der Waals surface area contributed by atoms with Crippen LogP contribution in [0.2, 0.25) is 0 Å². The van der Waals surface area contributed by atoms with Gasteiger partial charge in [-0.3, -0.25) is 0 Å². The van der Waals surface area contributed by atoms with Gasteiger partial charge in [0, 0.05) is 19.6 Å². The van der Waals surface area contributed by atoms with Crippen LogP contribution in [0.5, 0.6) is 0 Å². The third-order valence-corrected chi connectivity index (χ3v) is 5.95. The molecule has 112 valence electrons. The number of nitrogens with one attached hydrogen (secondary N) is 1. The van der Waals surface area contributed by atoms with E-state index in [1.807, 2.05) is 19.2 Å². The summed E-state index contributed by atoms with van der Waals surface area (Å²) in [4.78, 5) is 0.404. The molecule has 0 amide bonds. The van der Waals surface area contributed by atoms with Crippen LogP contribution in [0.3, 0.4) is 0 Å². The van der Waals surface area contributed by atoms with Crippen molar-refractivity contribution in [2.45, 2.75) is 31.7 Å². The van der Waals surface area contributed by atoms with Gasteiger partial charge in [0.25, 0.3) is 0 Å². The first-order valence-electron chi connectivity index (χ1n) is 7.19. The number of rotatable bonds is 5. The van der Waals surface area contributed by atoms with Crippen LogP contribution in [-0.4, -0.2) is 32.9 Å². The van der Waals surface area contributed by atoms with Gasteiger partial charge in [-0.2, -0.15) is 4.31 Å². The Morgan fingerprint density at radius 3 is 2.45 bits per heavy atom. The smallest absolute Gasteiger partial charge is 0.243 e. The number of nitrogens with zero attached hydrogens (tertiary/aromatic N) is 1. The summed E-state index contributed by atoms with van der Waals surface area (Å²) in [5.41, 5.74) is 1.09. The fourth-order valence-corrected chi connectivity index (χ4v) is 4.16. The zero-order chi connectivity index (χ0) is 14.8. The Hall–Kier alpha value is -0.910. The molecule has 0 spiro atoms. The predicted molar refractivity (Wildman–Crippen MR) is 80.9 cm³/mol. The molecule has 1 atom stereocenters. The van der Waals surface area contributed by atoms with E-state index in [4.69, 9.17) is 0 Å². The van der Waals surface area contributed by atoms with E-state index in [1.54, 1.807) is 16.4 Å². The Morgan fingerprint density at radius 2 is 1.95 bits per heavy atom. The maximum atomic E-state index is 12.6. The van der Waals surface area contributed by atoms with E-state index in [1.165, 1.54) is 0 Å². The average Bonchev–Trinajstić information content (AvgIpc) is 2.90. The molecule has 0 saturated carbocycles. The van der Waals surface area contributed by atoms with Gasteiger partial charge < -0.3 is 5.32 Å². The van der Waals surface area contributed by atoms with Gasteiger partial charge in [-0.15, -0.1) is 0 Å². The molecule has 1 saturated heterocycles. The van der Waals surface area contributed by atoms with Gasteiger partial charge in [0.15, 0.2) is 0 Å². The van der Waals surface area contributed by atoms with Crippen LogP contribution in [0.25, 0.3) is 0 Å². The summed E-state index contributed by atoms with van der Waals surface area (Å²) in [5.74, 6) is 1.02. The molecule has 1 aromatic rings. The van der Waals surface area contributed by atoms with Crippen molar-refractivity contribution in [1.82, 2.24) is 9.62 Å². The Bertz CT molecular complexity index is 537. The minimum Gasteiger partial charge on any atom is -0.316 e. The van der Waals surface area contributed by atoms with Gasteiger partial charge >= 0.3 is 0 Å². The molecule has 0 radical (unpaired) electrons. The lowest BCUT2D eigenvalue weighted by atomic mass is 9.96. The topological polar surface area (TPSA) is 49.4 Å². The molecule has 2 rings (SSSR count). The first-order chi connectivity index (χ1) is 9.45. The van der Waals surface area contributed by atoms with Crippen molar-refractivity contribution in [3.63, 3.8) is 0 Å². The van der Waals surface area contributed by atoms with Crippen molar-refractivity contribution in [2.24, 2.45) is 11.8 Å². The molecule has 1 aliphatic heterocycles. The minimum absolute atomic E-state index is 0.404. The molecule has 1 heterocycles. The number of hydrogen-bond acceptors (Lipinski definition) is 3. The second-order valence-corrected chi connectivity index (χ2v) is 7.77.